The van der Waals surface area contributed by atoms with Crippen LogP contribution in [-0.4, -0.2) is 60.2 Å². The number of carbonyl (C=O) groups excluding carboxylic acids is 1. The van der Waals surface area contributed by atoms with Gasteiger partial charge in [0.05, 0.1) is 19.3 Å². The van der Waals surface area contributed by atoms with Crippen molar-refractivity contribution in [2.75, 3.05) is 39.4 Å². The predicted molar refractivity (Wildman–Crippen MR) is 103 cm³/mol. The number of nitrogens with one attached hydrogen (secondary N) is 1. The van der Waals surface area contributed by atoms with Crippen molar-refractivity contribution in [3.05, 3.63) is 65.5 Å². The van der Waals surface area contributed by atoms with Crippen molar-refractivity contribution in [3.8, 4) is 0 Å². The van der Waals surface area contributed by atoms with Gasteiger partial charge in [0.15, 0.2) is 0 Å². The SMILES string of the molecule is O=C(NC[C@@H](c1cccnc1)N1CCOCC1)N1CCc2ccccc2C1. The second-order valence-corrected chi connectivity index (χ2v) is 7.08. The second-order valence-electron chi connectivity index (χ2n) is 7.08. The quantitative estimate of drug-likeness (QED) is 0.902. The Labute approximate surface area is 160 Å². The first kappa shape index (κ1) is 17.9. The van der Waals surface area contributed by atoms with Crippen molar-refractivity contribution in [2.45, 2.75) is 19.0 Å². The number of amides is 2. The highest BCUT2D eigenvalue weighted by atomic mass is 16.5. The summed E-state index contributed by atoms with van der Waals surface area (Å²) in [5.74, 6) is 0. The lowest BCUT2D eigenvalue weighted by molar-refractivity contribution is 0.0164. The molecule has 6 heteroatoms. The van der Waals surface area contributed by atoms with Gasteiger partial charge >= 0.3 is 6.03 Å². The molecule has 0 radical (unpaired) electrons. The molecule has 2 aliphatic heterocycles. The second kappa shape index (κ2) is 8.50. The van der Waals surface area contributed by atoms with Gasteiger partial charge in [0.2, 0.25) is 0 Å². The summed E-state index contributed by atoms with van der Waals surface area (Å²) >= 11 is 0. The minimum atomic E-state index is 0.00616. The molecule has 3 heterocycles. The van der Waals surface area contributed by atoms with Crippen LogP contribution < -0.4 is 5.32 Å². The number of carbonyl (C=O) groups is 1. The van der Waals surface area contributed by atoms with E-state index in [0.717, 1.165) is 44.8 Å². The third-order valence-corrected chi connectivity index (χ3v) is 5.42. The maximum Gasteiger partial charge on any atom is 0.317 e. The van der Waals surface area contributed by atoms with E-state index in [1.54, 1.807) is 6.20 Å². The lowest BCUT2D eigenvalue weighted by atomic mass is 10.0. The molecule has 0 aliphatic carbocycles. The molecule has 27 heavy (non-hydrogen) atoms. The van der Waals surface area contributed by atoms with Crippen LogP contribution in [0.2, 0.25) is 0 Å². The molecule has 1 aromatic heterocycles. The zero-order valence-electron chi connectivity index (χ0n) is 15.5. The summed E-state index contributed by atoms with van der Waals surface area (Å²) in [4.78, 5) is 21.3. The van der Waals surface area contributed by atoms with Crippen molar-refractivity contribution in [1.29, 1.82) is 0 Å². The monoisotopic (exact) mass is 366 g/mol. The maximum atomic E-state index is 12.8. The summed E-state index contributed by atoms with van der Waals surface area (Å²) in [5.41, 5.74) is 3.72. The highest BCUT2D eigenvalue weighted by Gasteiger charge is 2.25. The van der Waals surface area contributed by atoms with Crippen LogP contribution in [0.25, 0.3) is 0 Å². The van der Waals surface area contributed by atoms with E-state index < -0.39 is 0 Å². The molecule has 1 aromatic carbocycles. The zero-order valence-corrected chi connectivity index (χ0v) is 15.5. The molecule has 142 valence electrons. The minimum Gasteiger partial charge on any atom is -0.379 e. The third-order valence-electron chi connectivity index (χ3n) is 5.42. The van der Waals surface area contributed by atoms with Gasteiger partial charge in [0.1, 0.15) is 0 Å². The van der Waals surface area contributed by atoms with Crippen molar-refractivity contribution < 1.29 is 9.53 Å². The van der Waals surface area contributed by atoms with Gasteiger partial charge < -0.3 is 15.0 Å². The number of pyridine rings is 1. The van der Waals surface area contributed by atoms with Crippen LogP contribution in [0.3, 0.4) is 0 Å². The van der Waals surface area contributed by atoms with E-state index in [4.69, 9.17) is 4.74 Å². The zero-order chi connectivity index (χ0) is 18.5. The molecular weight excluding hydrogens is 340 g/mol. The lowest BCUT2D eigenvalue weighted by Gasteiger charge is -2.35. The largest absolute Gasteiger partial charge is 0.379 e. The van der Waals surface area contributed by atoms with E-state index in [2.05, 4.69) is 39.5 Å². The Morgan fingerprint density at radius 3 is 2.70 bits per heavy atom. The smallest absolute Gasteiger partial charge is 0.317 e. The highest BCUT2D eigenvalue weighted by molar-refractivity contribution is 5.74. The lowest BCUT2D eigenvalue weighted by Crippen LogP contribution is -2.47. The van der Waals surface area contributed by atoms with Crippen LogP contribution in [0, 0.1) is 0 Å². The van der Waals surface area contributed by atoms with Crippen molar-refractivity contribution >= 4 is 6.03 Å². The molecule has 6 nitrogen and oxygen atoms in total. The maximum absolute atomic E-state index is 12.8. The number of rotatable bonds is 4. The number of nitrogens with zero attached hydrogens (tertiary/aromatic N) is 3. The Balaban J connectivity index is 1.41. The summed E-state index contributed by atoms with van der Waals surface area (Å²) in [5, 5.41) is 3.16. The van der Waals surface area contributed by atoms with Crippen LogP contribution in [0.15, 0.2) is 48.8 Å². The molecule has 1 saturated heterocycles. The van der Waals surface area contributed by atoms with Gasteiger partial charge in [-0.15, -0.1) is 0 Å². The molecule has 2 aromatic rings. The van der Waals surface area contributed by atoms with Crippen molar-refractivity contribution in [1.82, 2.24) is 20.1 Å². The topological polar surface area (TPSA) is 57.7 Å². The molecule has 0 unspecified atom stereocenters. The fourth-order valence-electron chi connectivity index (χ4n) is 3.88. The van der Waals surface area contributed by atoms with E-state index in [1.807, 2.05) is 23.2 Å². The molecule has 1 fully saturated rings. The summed E-state index contributed by atoms with van der Waals surface area (Å²) in [6.45, 7) is 5.21. The van der Waals surface area contributed by atoms with E-state index in [-0.39, 0.29) is 12.1 Å². The first-order chi connectivity index (χ1) is 13.3. The summed E-state index contributed by atoms with van der Waals surface area (Å²) in [6, 6.07) is 12.5. The molecule has 0 saturated carbocycles. The first-order valence-electron chi connectivity index (χ1n) is 9.62. The molecule has 1 N–H and O–H groups in total. The number of hydrogen-bond acceptors (Lipinski definition) is 4. The number of aromatic nitrogens is 1. The van der Waals surface area contributed by atoms with E-state index in [9.17, 15) is 4.79 Å². The van der Waals surface area contributed by atoms with Gasteiger partial charge in [0.25, 0.3) is 0 Å². The van der Waals surface area contributed by atoms with Crippen molar-refractivity contribution in [2.24, 2.45) is 0 Å². The number of ether oxygens (including phenoxy) is 1. The van der Waals surface area contributed by atoms with Gasteiger partial charge in [-0.2, -0.15) is 0 Å². The Morgan fingerprint density at radius 2 is 1.93 bits per heavy atom. The fourth-order valence-corrected chi connectivity index (χ4v) is 3.88. The van der Waals surface area contributed by atoms with Crippen LogP contribution in [0.4, 0.5) is 4.79 Å². The van der Waals surface area contributed by atoms with Gasteiger partial charge in [-0.3, -0.25) is 9.88 Å². The van der Waals surface area contributed by atoms with Crippen LogP contribution >= 0.6 is 0 Å². The number of hydrogen-bond donors (Lipinski definition) is 1. The Bertz CT molecular complexity index is 762. The molecule has 2 aliphatic rings. The van der Waals surface area contributed by atoms with Gasteiger partial charge in [-0.25, -0.2) is 4.79 Å². The molecule has 4 rings (SSSR count). The van der Waals surface area contributed by atoms with E-state index >= 15 is 0 Å². The van der Waals surface area contributed by atoms with E-state index in [0.29, 0.717) is 13.1 Å². The summed E-state index contributed by atoms with van der Waals surface area (Å²) in [6.07, 6.45) is 4.59. The normalized spacial score (nSPS) is 18.6. The number of benzene rings is 1. The average Bonchev–Trinajstić information content (AvgIpc) is 2.75. The Hall–Kier alpha value is -2.44. The minimum absolute atomic E-state index is 0.00616. The number of morpholine rings is 1. The Kier molecular flexibility index (Phi) is 5.65. The van der Waals surface area contributed by atoms with E-state index in [1.165, 1.54) is 11.1 Å². The molecule has 2 amide bonds. The molecule has 0 bridgehead atoms. The molecule has 1 atom stereocenters. The highest BCUT2D eigenvalue weighted by Crippen LogP contribution is 2.21. The number of urea groups is 1. The van der Waals surface area contributed by atoms with Crippen LogP contribution in [-0.2, 0) is 17.7 Å². The fraction of sp³-hybridized carbons (Fsp3) is 0.429. The Morgan fingerprint density at radius 1 is 1.11 bits per heavy atom. The summed E-state index contributed by atoms with van der Waals surface area (Å²) < 4.78 is 5.49. The van der Waals surface area contributed by atoms with Crippen molar-refractivity contribution in [3.63, 3.8) is 0 Å². The van der Waals surface area contributed by atoms with Gasteiger partial charge in [-0.05, 0) is 29.2 Å². The third kappa shape index (κ3) is 4.28. The molecular formula is C21H26N4O2. The number of fused-ring (bicyclic) bond motifs is 1. The molecule has 0 spiro atoms. The van der Waals surface area contributed by atoms with Crippen LogP contribution in [0.5, 0.6) is 0 Å². The summed E-state index contributed by atoms with van der Waals surface area (Å²) in [7, 11) is 0. The average molecular weight is 366 g/mol. The van der Waals surface area contributed by atoms with Gasteiger partial charge in [0, 0.05) is 45.1 Å². The predicted octanol–water partition coefficient (Wildman–Crippen LogP) is 2.22. The van der Waals surface area contributed by atoms with Gasteiger partial charge in [-0.1, -0.05) is 30.3 Å². The first-order valence-corrected chi connectivity index (χ1v) is 9.62. The van der Waals surface area contributed by atoms with Crippen LogP contribution in [0.1, 0.15) is 22.7 Å². The standard InChI is InChI=1S/C21H26N4O2/c26-21(25-9-7-17-4-1-2-5-19(17)16-25)23-15-20(18-6-3-8-22-14-18)24-10-12-27-13-11-24/h1-6,8,14,20H,7,9-13,15-16H2,(H,23,26)/t20-/m0/s1.